The van der Waals surface area contributed by atoms with E-state index in [1.807, 2.05) is 0 Å². The smallest absolute Gasteiger partial charge is 0.320 e. The highest BCUT2D eigenvalue weighted by Gasteiger charge is 2.17. The summed E-state index contributed by atoms with van der Waals surface area (Å²) in [5.41, 5.74) is 8.69. The minimum atomic E-state index is -0.535. The molecule has 0 amide bonds. The van der Waals surface area contributed by atoms with Crippen molar-refractivity contribution in [2.75, 3.05) is 0 Å². The third-order valence-electron chi connectivity index (χ3n) is 3.26. The van der Waals surface area contributed by atoms with Gasteiger partial charge in [-0.1, -0.05) is 31.9 Å². The molecule has 1 atom stereocenters. The van der Waals surface area contributed by atoms with Crippen LogP contribution < -0.4 is 11.4 Å². The molecule has 0 radical (unpaired) electrons. The molecule has 0 saturated carbocycles. The predicted octanol–water partition coefficient (Wildman–Crippen LogP) is 3.57. The molecule has 0 aliphatic rings. The maximum Gasteiger partial charge on any atom is 0.323 e. The van der Waals surface area contributed by atoms with Gasteiger partial charge in [-0.3, -0.25) is 0 Å². The van der Waals surface area contributed by atoms with Crippen LogP contribution in [0.3, 0.4) is 0 Å². The Morgan fingerprint density at radius 1 is 1.00 bits per heavy atom. The summed E-state index contributed by atoms with van der Waals surface area (Å²) in [4.78, 5) is 16.7. The second-order valence-electron chi connectivity index (χ2n) is 4.64. The number of hydrogen-bond acceptors (Lipinski definition) is 2. The number of nitrogens with one attached hydrogen (secondary N) is 2. The number of benzene rings is 2. The summed E-state index contributed by atoms with van der Waals surface area (Å²) in [6.07, 6.45) is 0. The first-order valence-corrected chi connectivity index (χ1v) is 7.66. The van der Waals surface area contributed by atoms with E-state index in [4.69, 9.17) is 5.73 Å². The van der Waals surface area contributed by atoms with Gasteiger partial charge in [0, 0.05) is 8.95 Å². The lowest BCUT2D eigenvalue weighted by Crippen LogP contribution is -2.13. The molecule has 1 aromatic heterocycles. The van der Waals surface area contributed by atoms with Crippen molar-refractivity contribution in [3.63, 3.8) is 0 Å². The molecule has 3 rings (SSSR count). The Morgan fingerprint density at radius 2 is 1.62 bits per heavy atom. The molecule has 1 unspecified atom stereocenters. The largest absolute Gasteiger partial charge is 0.323 e. The van der Waals surface area contributed by atoms with Crippen molar-refractivity contribution >= 4 is 42.9 Å². The van der Waals surface area contributed by atoms with Crippen LogP contribution in [0.25, 0.3) is 11.0 Å². The van der Waals surface area contributed by atoms with Crippen LogP contribution in [0.1, 0.15) is 17.2 Å². The lowest BCUT2D eigenvalue weighted by molar-refractivity contribution is 0.623. The van der Waals surface area contributed by atoms with E-state index in [2.05, 4.69) is 41.8 Å². The van der Waals surface area contributed by atoms with Gasteiger partial charge in [-0.15, -0.1) is 0 Å². The highest BCUT2D eigenvalue weighted by Crippen LogP contribution is 2.33. The van der Waals surface area contributed by atoms with Gasteiger partial charge in [0.15, 0.2) is 0 Å². The number of H-pyrrole nitrogens is 2. The Labute approximate surface area is 135 Å². The van der Waals surface area contributed by atoms with Crippen molar-refractivity contribution < 1.29 is 4.39 Å². The standard InChI is InChI=1S/C14H10Br2FN3O/c15-9-2-1-6(17)3-7(9)13(18)8-4-11-12(5-10(8)16)20-14(21)19-11/h1-5,13H,18H2,(H2,19,20,21). The molecule has 21 heavy (non-hydrogen) atoms. The van der Waals surface area contributed by atoms with Gasteiger partial charge in [0.1, 0.15) is 5.82 Å². The molecular weight excluding hydrogens is 405 g/mol. The monoisotopic (exact) mass is 413 g/mol. The van der Waals surface area contributed by atoms with Crippen LogP contribution in [0.4, 0.5) is 4.39 Å². The molecule has 0 fully saturated rings. The quantitative estimate of drug-likeness (QED) is 0.599. The molecule has 0 aliphatic carbocycles. The Hall–Kier alpha value is -1.44. The average molecular weight is 415 g/mol. The van der Waals surface area contributed by atoms with Crippen LogP contribution >= 0.6 is 31.9 Å². The van der Waals surface area contributed by atoms with E-state index < -0.39 is 6.04 Å². The molecule has 0 bridgehead atoms. The van der Waals surface area contributed by atoms with Gasteiger partial charge in [-0.25, -0.2) is 9.18 Å². The Balaban J connectivity index is 2.16. The van der Waals surface area contributed by atoms with Crippen molar-refractivity contribution in [3.8, 4) is 0 Å². The van der Waals surface area contributed by atoms with E-state index >= 15 is 0 Å². The van der Waals surface area contributed by atoms with E-state index in [1.165, 1.54) is 12.1 Å². The summed E-state index contributed by atoms with van der Waals surface area (Å²) in [6.45, 7) is 0. The number of nitrogens with two attached hydrogens (primary N) is 1. The van der Waals surface area contributed by atoms with Crippen molar-refractivity contribution in [3.05, 3.63) is 66.7 Å². The van der Waals surface area contributed by atoms with Crippen LogP contribution in [0.5, 0.6) is 0 Å². The number of rotatable bonds is 2. The van der Waals surface area contributed by atoms with Crippen molar-refractivity contribution in [1.82, 2.24) is 9.97 Å². The maximum atomic E-state index is 13.4. The fourth-order valence-corrected chi connectivity index (χ4v) is 3.31. The minimum Gasteiger partial charge on any atom is -0.320 e. The zero-order valence-electron chi connectivity index (χ0n) is 10.6. The van der Waals surface area contributed by atoms with Gasteiger partial charge in [0.25, 0.3) is 0 Å². The Morgan fingerprint density at radius 3 is 2.33 bits per heavy atom. The highest BCUT2D eigenvalue weighted by atomic mass is 79.9. The second kappa shape index (κ2) is 5.40. The molecule has 0 spiro atoms. The van der Waals surface area contributed by atoms with Crippen LogP contribution in [0, 0.1) is 5.82 Å². The third kappa shape index (κ3) is 2.68. The topological polar surface area (TPSA) is 74.7 Å². The van der Waals surface area contributed by atoms with Gasteiger partial charge in [-0.2, -0.15) is 0 Å². The first kappa shape index (κ1) is 14.5. The molecule has 3 aromatic rings. The van der Waals surface area contributed by atoms with E-state index in [-0.39, 0.29) is 11.5 Å². The van der Waals surface area contributed by atoms with E-state index in [0.29, 0.717) is 16.6 Å². The van der Waals surface area contributed by atoms with Crippen molar-refractivity contribution in [1.29, 1.82) is 0 Å². The number of halogens is 3. The SMILES string of the molecule is NC(c1cc(F)ccc1Br)c1cc2[nH]c(=O)[nH]c2cc1Br. The molecule has 7 heteroatoms. The number of imidazole rings is 1. The Kier molecular flexibility index (Phi) is 3.73. The fraction of sp³-hybridized carbons (Fsp3) is 0.0714. The molecule has 4 N–H and O–H groups in total. The predicted molar refractivity (Wildman–Crippen MR) is 86.7 cm³/mol. The first-order valence-electron chi connectivity index (χ1n) is 6.07. The average Bonchev–Trinajstić information content (AvgIpc) is 2.79. The van der Waals surface area contributed by atoms with Crippen molar-refractivity contribution in [2.45, 2.75) is 6.04 Å². The van der Waals surface area contributed by atoms with Crippen molar-refractivity contribution in [2.24, 2.45) is 5.73 Å². The summed E-state index contributed by atoms with van der Waals surface area (Å²) < 4.78 is 14.9. The molecule has 2 aromatic carbocycles. The minimum absolute atomic E-state index is 0.283. The molecular formula is C14H10Br2FN3O. The molecule has 1 heterocycles. The van der Waals surface area contributed by atoms with Crippen LogP contribution in [0.2, 0.25) is 0 Å². The summed E-state index contributed by atoms with van der Waals surface area (Å²) in [5, 5.41) is 0. The summed E-state index contributed by atoms with van der Waals surface area (Å²) >= 11 is 6.82. The normalized spacial score (nSPS) is 12.8. The van der Waals surface area contributed by atoms with Gasteiger partial charge < -0.3 is 15.7 Å². The number of aromatic amines is 2. The number of aromatic nitrogens is 2. The summed E-state index contributed by atoms with van der Waals surface area (Å²) in [5.74, 6) is -0.351. The lowest BCUT2D eigenvalue weighted by atomic mass is 9.99. The third-order valence-corrected chi connectivity index (χ3v) is 4.67. The fourth-order valence-electron chi connectivity index (χ4n) is 2.23. The van der Waals surface area contributed by atoms with E-state index in [1.54, 1.807) is 18.2 Å². The van der Waals surface area contributed by atoms with Gasteiger partial charge in [0.05, 0.1) is 17.1 Å². The van der Waals surface area contributed by atoms with Gasteiger partial charge in [0.2, 0.25) is 0 Å². The number of fused-ring (bicyclic) bond motifs is 1. The molecule has 0 aliphatic heterocycles. The first-order chi connectivity index (χ1) is 9.95. The zero-order valence-corrected chi connectivity index (χ0v) is 13.8. The second-order valence-corrected chi connectivity index (χ2v) is 6.35. The van der Waals surface area contributed by atoms with E-state index in [0.717, 1.165) is 14.5 Å². The summed E-state index contributed by atoms with van der Waals surface area (Å²) in [6, 6.07) is 7.39. The van der Waals surface area contributed by atoms with Crippen LogP contribution in [0.15, 0.2) is 44.1 Å². The maximum absolute atomic E-state index is 13.4. The van der Waals surface area contributed by atoms with Gasteiger partial charge in [-0.05, 0) is 41.5 Å². The molecule has 108 valence electrons. The molecule has 4 nitrogen and oxygen atoms in total. The van der Waals surface area contributed by atoms with E-state index in [9.17, 15) is 9.18 Å². The highest BCUT2D eigenvalue weighted by molar-refractivity contribution is 9.10. The Bertz CT molecular complexity index is 888. The molecule has 0 saturated heterocycles. The van der Waals surface area contributed by atoms with Crippen LogP contribution in [-0.4, -0.2) is 9.97 Å². The number of hydrogen-bond donors (Lipinski definition) is 3. The van der Waals surface area contributed by atoms with Crippen LogP contribution in [-0.2, 0) is 0 Å². The van der Waals surface area contributed by atoms with Gasteiger partial charge >= 0.3 is 5.69 Å². The zero-order chi connectivity index (χ0) is 15.1. The lowest BCUT2D eigenvalue weighted by Gasteiger charge is -2.16. The summed E-state index contributed by atoms with van der Waals surface area (Å²) in [7, 11) is 0.